The highest BCUT2D eigenvalue weighted by Gasteiger charge is 2.18. The van der Waals surface area contributed by atoms with Gasteiger partial charge in [-0.25, -0.2) is 0 Å². The Bertz CT molecular complexity index is 1810. The fourth-order valence-corrected chi connectivity index (χ4v) is 6.47. The minimum Gasteiger partial charge on any atom is -0.490 e. The van der Waals surface area contributed by atoms with Gasteiger partial charge in [-0.1, -0.05) is 85.0 Å². The molecule has 3 aromatic rings. The number of benzene rings is 3. The fourth-order valence-electron chi connectivity index (χ4n) is 6.47. The van der Waals surface area contributed by atoms with E-state index >= 15 is 0 Å². The van der Waals surface area contributed by atoms with E-state index in [-0.39, 0.29) is 12.5 Å². The Balaban J connectivity index is 1.12. The van der Waals surface area contributed by atoms with Gasteiger partial charge in [0.1, 0.15) is 18.5 Å². The number of hydrogen-bond acceptors (Lipinski definition) is 7. The van der Waals surface area contributed by atoms with Crippen molar-refractivity contribution in [2.45, 2.75) is 38.7 Å². The van der Waals surface area contributed by atoms with Gasteiger partial charge in [0.2, 0.25) is 5.91 Å². The minimum atomic E-state index is -0.605. The van der Waals surface area contributed by atoms with E-state index in [0.717, 1.165) is 84.4 Å². The number of aliphatic imine (C=N–C) groups is 1. The normalized spacial score (nSPS) is 16.7. The number of fused-ring (bicyclic) bond motifs is 2. The van der Waals surface area contributed by atoms with Gasteiger partial charge in [-0.15, -0.1) is 0 Å². The van der Waals surface area contributed by atoms with Crippen LogP contribution >= 0.6 is 0 Å². The molecule has 1 aliphatic carbocycles. The van der Waals surface area contributed by atoms with Gasteiger partial charge in [-0.2, -0.15) is 0 Å². The highest BCUT2D eigenvalue weighted by atomic mass is 16.5. The Morgan fingerprint density at radius 1 is 1.06 bits per heavy atom. The third-order valence-corrected chi connectivity index (χ3v) is 9.18. The summed E-state index contributed by atoms with van der Waals surface area (Å²) in [4.78, 5) is 21.8. The van der Waals surface area contributed by atoms with Crippen molar-refractivity contribution in [1.82, 2.24) is 15.5 Å². The summed E-state index contributed by atoms with van der Waals surface area (Å²) in [6, 6.07) is 20.8. The van der Waals surface area contributed by atoms with Gasteiger partial charge >= 0.3 is 0 Å². The zero-order valence-electron chi connectivity index (χ0n) is 31.1. The number of anilines is 1. The lowest BCUT2D eigenvalue weighted by atomic mass is 9.96. The maximum absolute atomic E-state index is 12.4. The average molecular weight is 702 g/mol. The van der Waals surface area contributed by atoms with Gasteiger partial charge in [-0.05, 0) is 93.2 Å². The van der Waals surface area contributed by atoms with E-state index in [4.69, 9.17) is 9.73 Å². The van der Waals surface area contributed by atoms with Crippen LogP contribution in [0.3, 0.4) is 0 Å². The minimum absolute atomic E-state index is 0.110. The van der Waals surface area contributed by atoms with Crippen molar-refractivity contribution in [3.63, 3.8) is 0 Å². The fraction of sp³-hybridized carbons (Fsp3) is 0.364. The lowest BCUT2D eigenvalue weighted by Crippen LogP contribution is -2.36. The van der Waals surface area contributed by atoms with E-state index in [1.165, 1.54) is 11.3 Å². The molecule has 52 heavy (non-hydrogen) atoms. The molecule has 0 saturated carbocycles. The zero-order valence-corrected chi connectivity index (χ0v) is 31.1. The second-order valence-electron chi connectivity index (χ2n) is 13.6. The van der Waals surface area contributed by atoms with Crippen molar-refractivity contribution in [3.8, 4) is 5.75 Å². The number of amides is 1. The zero-order chi connectivity index (χ0) is 36.5. The van der Waals surface area contributed by atoms with Crippen molar-refractivity contribution < 1.29 is 14.6 Å². The number of carbonyl (C=O) groups excluding carboxylic acids is 1. The highest BCUT2D eigenvalue weighted by molar-refractivity contribution is 6.12. The average Bonchev–Trinajstić information content (AvgIpc) is 3.16. The Labute approximate surface area is 310 Å². The summed E-state index contributed by atoms with van der Waals surface area (Å²) in [5.41, 5.74) is 6.91. The van der Waals surface area contributed by atoms with Crippen molar-refractivity contribution in [2.75, 3.05) is 71.4 Å². The van der Waals surface area contributed by atoms with Crippen molar-refractivity contribution in [2.24, 2.45) is 4.99 Å². The third kappa shape index (κ3) is 11.6. The first kappa shape index (κ1) is 38.5. The molecular weight excluding hydrogens is 647 g/mol. The first-order chi connectivity index (χ1) is 25.4. The summed E-state index contributed by atoms with van der Waals surface area (Å²) >= 11 is 0. The van der Waals surface area contributed by atoms with E-state index in [1.54, 1.807) is 0 Å². The predicted octanol–water partition coefficient (Wildman–Crippen LogP) is 6.53. The molecule has 0 aromatic heterocycles. The third-order valence-electron chi connectivity index (χ3n) is 9.18. The van der Waals surface area contributed by atoms with E-state index in [0.29, 0.717) is 26.1 Å². The molecule has 1 atom stereocenters. The first-order valence-corrected chi connectivity index (χ1v) is 18.6. The smallest absolute Gasteiger partial charge is 0.221 e. The molecule has 3 N–H and O–H groups in total. The molecule has 274 valence electrons. The summed E-state index contributed by atoms with van der Waals surface area (Å²) < 4.78 is 5.94. The summed E-state index contributed by atoms with van der Waals surface area (Å²) in [6.07, 6.45) is 19.7. The molecule has 8 heteroatoms. The molecule has 1 unspecified atom stereocenters. The molecule has 0 saturated heterocycles. The van der Waals surface area contributed by atoms with Gasteiger partial charge in [0.15, 0.2) is 0 Å². The monoisotopic (exact) mass is 701 g/mol. The number of aryl methyl sites for hydroxylation is 1. The number of ether oxygens (including phenoxy) is 1. The molecule has 0 spiro atoms. The molecule has 1 aliphatic heterocycles. The van der Waals surface area contributed by atoms with Crippen LogP contribution in [-0.2, 0) is 11.2 Å². The van der Waals surface area contributed by atoms with Crippen molar-refractivity contribution in [1.29, 1.82) is 0 Å². The van der Waals surface area contributed by atoms with E-state index < -0.39 is 6.10 Å². The molecule has 1 amide bonds. The molecule has 2 aliphatic rings. The number of aliphatic hydroxyl groups excluding tert-OH is 1. The SMILES string of the molecule is C\C=C/C(C=Cc1ccc2c(c1)CCCN2CCC(=O)NCCN(C)C)=C1/C=CC=C/C1=N\CCCNCC(O)COc1cccc2ccccc12. The first-order valence-electron chi connectivity index (χ1n) is 18.6. The van der Waals surface area contributed by atoms with Crippen LogP contribution in [0.2, 0.25) is 0 Å². The van der Waals surface area contributed by atoms with Crippen LogP contribution in [0.15, 0.2) is 119 Å². The van der Waals surface area contributed by atoms with Gasteiger partial charge in [-0.3, -0.25) is 9.79 Å². The molecule has 3 aromatic carbocycles. The lowest BCUT2D eigenvalue weighted by Gasteiger charge is -2.31. The molecule has 1 heterocycles. The molecule has 0 fully saturated rings. The van der Waals surface area contributed by atoms with E-state index in [9.17, 15) is 9.90 Å². The predicted molar refractivity (Wildman–Crippen MR) is 218 cm³/mol. The summed E-state index contributed by atoms with van der Waals surface area (Å²) in [5.74, 6) is 0.900. The number of nitrogens with one attached hydrogen (secondary N) is 2. The van der Waals surface area contributed by atoms with Crippen LogP contribution in [-0.4, -0.2) is 94.2 Å². The Morgan fingerprint density at radius 2 is 1.90 bits per heavy atom. The van der Waals surface area contributed by atoms with Crippen molar-refractivity contribution >= 4 is 34.2 Å². The number of allylic oxidation sites excluding steroid dienone is 9. The van der Waals surface area contributed by atoms with Gasteiger partial charge < -0.3 is 30.3 Å². The van der Waals surface area contributed by atoms with Crippen molar-refractivity contribution in [3.05, 3.63) is 125 Å². The topological polar surface area (TPSA) is 89.4 Å². The summed E-state index contributed by atoms with van der Waals surface area (Å²) in [6.45, 7) is 7.39. The Hall–Kier alpha value is -4.76. The van der Waals surface area contributed by atoms with E-state index in [2.05, 4.69) is 93.3 Å². The van der Waals surface area contributed by atoms with Gasteiger partial charge in [0.05, 0.1) is 5.71 Å². The van der Waals surface area contributed by atoms with Crippen LogP contribution < -0.4 is 20.3 Å². The number of likely N-dealkylation sites (N-methyl/N-ethyl adjacent to an activating group) is 1. The number of hydrogen-bond donors (Lipinski definition) is 3. The van der Waals surface area contributed by atoms with Crippen LogP contribution in [0.5, 0.6) is 5.75 Å². The molecule has 8 nitrogen and oxygen atoms in total. The summed E-state index contributed by atoms with van der Waals surface area (Å²) in [7, 11) is 4.02. The number of nitrogens with zero attached hydrogens (tertiary/aromatic N) is 3. The molecule has 0 bridgehead atoms. The van der Waals surface area contributed by atoms with Gasteiger partial charge in [0, 0.05) is 62.3 Å². The van der Waals surface area contributed by atoms with Crippen LogP contribution in [0.25, 0.3) is 16.8 Å². The number of carbonyl (C=O) groups is 1. The maximum atomic E-state index is 12.4. The van der Waals surface area contributed by atoms with E-state index in [1.807, 2.05) is 57.4 Å². The van der Waals surface area contributed by atoms with Gasteiger partial charge in [0.25, 0.3) is 0 Å². The van der Waals surface area contributed by atoms with Crippen LogP contribution in [0.4, 0.5) is 5.69 Å². The maximum Gasteiger partial charge on any atom is 0.221 e. The molecule has 0 radical (unpaired) electrons. The second-order valence-corrected chi connectivity index (χ2v) is 13.6. The van der Waals surface area contributed by atoms with Crippen LogP contribution in [0, 0.1) is 0 Å². The molecular formula is C44H55N5O3. The lowest BCUT2D eigenvalue weighted by molar-refractivity contribution is -0.120. The standard InChI is InChI=1S/C44H55N5O3/c1-4-12-35(22-20-34-21-23-42-37(31-34)15-10-28-49(42)29-24-44(51)47-27-30-48(2)3)39-16-7-8-18-41(39)46-26-11-25-45-32-38(50)33-52-43-19-9-14-36-13-5-6-17-40(36)43/h4-9,12-14,16-23,31,38,45,50H,10-11,15,24-30,32-33H2,1-3H3,(H,47,51)/b12-4-,22-20?,39-35+,46-41+. The second kappa shape index (κ2) is 20.3. The Kier molecular flexibility index (Phi) is 15.0. The molecule has 5 rings (SSSR count). The number of rotatable bonds is 18. The summed E-state index contributed by atoms with van der Waals surface area (Å²) in [5, 5.41) is 19.1. The van der Waals surface area contributed by atoms with Crippen LogP contribution in [0.1, 0.15) is 37.3 Å². The Morgan fingerprint density at radius 3 is 2.77 bits per heavy atom. The quantitative estimate of drug-likeness (QED) is 0.131. The largest absolute Gasteiger partial charge is 0.490 e. The number of aliphatic hydroxyl groups is 1. The highest BCUT2D eigenvalue weighted by Crippen LogP contribution is 2.29.